The molecule has 0 spiro atoms. The fourth-order valence-corrected chi connectivity index (χ4v) is 1.96. The lowest BCUT2D eigenvalue weighted by Gasteiger charge is -2.08. The molecule has 0 unspecified atom stereocenters. The van der Waals surface area contributed by atoms with Gasteiger partial charge in [-0.3, -0.25) is 4.79 Å². The number of rotatable bonds is 5. The normalized spacial score (nSPS) is 10.4. The van der Waals surface area contributed by atoms with E-state index in [1.807, 2.05) is 24.3 Å². The number of benzene rings is 2. The third-order valence-corrected chi connectivity index (χ3v) is 3.21. The van der Waals surface area contributed by atoms with Gasteiger partial charge in [0.2, 0.25) is 0 Å². The zero-order chi connectivity index (χ0) is 15.2. The largest absolute Gasteiger partial charge is 0.322 e. The van der Waals surface area contributed by atoms with E-state index in [1.54, 1.807) is 13.0 Å². The average Bonchev–Trinajstić information content (AvgIpc) is 2.49. The monoisotopic (exact) mass is 286 g/mol. The molecule has 21 heavy (non-hydrogen) atoms. The Bertz CT molecular complexity index is 623. The summed E-state index contributed by atoms with van der Waals surface area (Å²) in [6.07, 6.45) is 0. The Balaban J connectivity index is 2.03. The summed E-state index contributed by atoms with van der Waals surface area (Å²) >= 11 is 0. The van der Waals surface area contributed by atoms with E-state index in [9.17, 15) is 9.18 Å². The van der Waals surface area contributed by atoms with Gasteiger partial charge < -0.3 is 10.6 Å². The van der Waals surface area contributed by atoms with Gasteiger partial charge in [0, 0.05) is 17.8 Å². The molecule has 110 valence electrons. The number of aryl methyl sites for hydroxylation is 1. The number of hydrogen-bond donors (Lipinski definition) is 2. The van der Waals surface area contributed by atoms with Crippen molar-refractivity contribution in [3.8, 4) is 0 Å². The van der Waals surface area contributed by atoms with Gasteiger partial charge in [0.25, 0.3) is 5.91 Å². The second kappa shape index (κ2) is 6.99. The molecule has 0 saturated heterocycles. The first-order valence-corrected chi connectivity index (χ1v) is 6.97. The minimum absolute atomic E-state index is 0.238. The van der Waals surface area contributed by atoms with E-state index in [2.05, 4.69) is 17.6 Å². The van der Waals surface area contributed by atoms with Crippen LogP contribution in [-0.2, 0) is 6.54 Å². The van der Waals surface area contributed by atoms with Crippen LogP contribution >= 0.6 is 0 Å². The fourth-order valence-electron chi connectivity index (χ4n) is 1.96. The highest BCUT2D eigenvalue weighted by molar-refractivity contribution is 6.04. The molecule has 0 aromatic heterocycles. The van der Waals surface area contributed by atoms with Crippen molar-refractivity contribution in [2.75, 3.05) is 11.9 Å². The lowest BCUT2D eigenvalue weighted by molar-refractivity contribution is 0.102. The van der Waals surface area contributed by atoms with Gasteiger partial charge in [-0.1, -0.05) is 19.1 Å². The van der Waals surface area contributed by atoms with Crippen LogP contribution in [0.3, 0.4) is 0 Å². The molecule has 0 aliphatic heterocycles. The van der Waals surface area contributed by atoms with Crippen LogP contribution in [0.5, 0.6) is 0 Å². The van der Waals surface area contributed by atoms with E-state index >= 15 is 0 Å². The van der Waals surface area contributed by atoms with E-state index in [-0.39, 0.29) is 11.7 Å². The molecule has 0 fully saturated rings. The zero-order valence-corrected chi connectivity index (χ0v) is 12.2. The maximum absolute atomic E-state index is 13.2. The summed E-state index contributed by atoms with van der Waals surface area (Å²) < 4.78 is 13.2. The summed E-state index contributed by atoms with van der Waals surface area (Å²) in [5.41, 5.74) is 2.80. The van der Waals surface area contributed by atoms with E-state index in [1.165, 1.54) is 12.1 Å². The van der Waals surface area contributed by atoms with E-state index in [0.29, 0.717) is 11.1 Å². The summed E-state index contributed by atoms with van der Waals surface area (Å²) in [5, 5.41) is 6.05. The van der Waals surface area contributed by atoms with Crippen molar-refractivity contribution in [3.05, 3.63) is 65.0 Å². The zero-order valence-electron chi connectivity index (χ0n) is 12.2. The lowest BCUT2D eigenvalue weighted by Crippen LogP contribution is -2.13. The Morgan fingerprint density at radius 1 is 1.14 bits per heavy atom. The van der Waals surface area contributed by atoms with E-state index in [4.69, 9.17) is 0 Å². The molecule has 2 rings (SSSR count). The van der Waals surface area contributed by atoms with Crippen LogP contribution < -0.4 is 10.6 Å². The molecule has 4 heteroatoms. The fraction of sp³-hybridized carbons (Fsp3) is 0.235. The molecule has 0 radical (unpaired) electrons. The minimum atomic E-state index is -0.306. The van der Waals surface area contributed by atoms with Gasteiger partial charge in [0.1, 0.15) is 5.82 Å². The predicted octanol–water partition coefficient (Wildman–Crippen LogP) is 3.50. The smallest absolute Gasteiger partial charge is 0.255 e. The Labute approximate surface area is 124 Å². The molecular weight excluding hydrogens is 267 g/mol. The van der Waals surface area contributed by atoms with Gasteiger partial charge in [-0.25, -0.2) is 4.39 Å². The molecule has 1 amide bonds. The first-order valence-electron chi connectivity index (χ1n) is 6.97. The van der Waals surface area contributed by atoms with Crippen LogP contribution in [0.15, 0.2) is 42.5 Å². The molecule has 0 saturated carbocycles. The number of hydrogen-bond acceptors (Lipinski definition) is 2. The van der Waals surface area contributed by atoms with Gasteiger partial charge in [0.15, 0.2) is 0 Å². The highest BCUT2D eigenvalue weighted by Gasteiger charge is 2.08. The van der Waals surface area contributed by atoms with Crippen molar-refractivity contribution in [1.82, 2.24) is 5.32 Å². The number of amides is 1. The Morgan fingerprint density at radius 2 is 1.86 bits per heavy atom. The van der Waals surface area contributed by atoms with E-state index in [0.717, 1.165) is 24.3 Å². The van der Waals surface area contributed by atoms with Crippen molar-refractivity contribution in [1.29, 1.82) is 0 Å². The molecule has 0 bridgehead atoms. The number of carbonyl (C=O) groups is 1. The van der Waals surface area contributed by atoms with Gasteiger partial charge in [-0.15, -0.1) is 0 Å². The van der Waals surface area contributed by atoms with Crippen LogP contribution in [0.25, 0.3) is 0 Å². The summed E-state index contributed by atoms with van der Waals surface area (Å²) in [7, 11) is 0. The third-order valence-electron chi connectivity index (χ3n) is 3.21. The standard InChI is InChI=1S/C17H19FN2O/c1-3-19-11-13-4-7-15(8-5-13)20-17(21)14-6-9-16(18)12(2)10-14/h4-10,19H,3,11H2,1-2H3,(H,20,21). The maximum atomic E-state index is 13.2. The average molecular weight is 286 g/mol. The van der Waals surface area contributed by atoms with Gasteiger partial charge in [0.05, 0.1) is 0 Å². The van der Waals surface area contributed by atoms with Crippen LogP contribution in [0.2, 0.25) is 0 Å². The molecule has 0 heterocycles. The van der Waals surface area contributed by atoms with Gasteiger partial charge in [-0.05, 0) is 54.9 Å². The second-order valence-corrected chi connectivity index (χ2v) is 4.90. The predicted molar refractivity (Wildman–Crippen MR) is 82.9 cm³/mol. The molecule has 2 aromatic rings. The number of carbonyl (C=O) groups excluding carboxylic acids is 1. The molecule has 2 aromatic carbocycles. The van der Waals surface area contributed by atoms with Crippen LogP contribution in [-0.4, -0.2) is 12.5 Å². The molecule has 0 aliphatic carbocycles. The summed E-state index contributed by atoms with van der Waals surface area (Å²) in [6, 6.07) is 12.0. The van der Waals surface area contributed by atoms with Crippen molar-refractivity contribution < 1.29 is 9.18 Å². The van der Waals surface area contributed by atoms with Crippen molar-refractivity contribution >= 4 is 11.6 Å². The Morgan fingerprint density at radius 3 is 2.48 bits per heavy atom. The summed E-state index contributed by atoms with van der Waals surface area (Å²) in [6.45, 7) is 5.42. The lowest BCUT2D eigenvalue weighted by atomic mass is 10.1. The molecule has 0 atom stereocenters. The van der Waals surface area contributed by atoms with Crippen molar-refractivity contribution in [2.24, 2.45) is 0 Å². The van der Waals surface area contributed by atoms with Crippen LogP contribution in [0.4, 0.5) is 10.1 Å². The van der Waals surface area contributed by atoms with Crippen LogP contribution in [0.1, 0.15) is 28.4 Å². The molecule has 2 N–H and O–H groups in total. The molecular formula is C17H19FN2O. The highest BCUT2D eigenvalue weighted by atomic mass is 19.1. The van der Waals surface area contributed by atoms with Crippen molar-refractivity contribution in [2.45, 2.75) is 20.4 Å². The van der Waals surface area contributed by atoms with Crippen molar-refractivity contribution in [3.63, 3.8) is 0 Å². The number of nitrogens with one attached hydrogen (secondary N) is 2. The quantitative estimate of drug-likeness (QED) is 0.883. The first-order chi connectivity index (χ1) is 10.1. The summed E-state index contributed by atoms with van der Waals surface area (Å²) in [5.74, 6) is -0.545. The Hall–Kier alpha value is -2.20. The highest BCUT2D eigenvalue weighted by Crippen LogP contribution is 2.13. The SMILES string of the molecule is CCNCc1ccc(NC(=O)c2ccc(F)c(C)c2)cc1. The number of halogens is 1. The van der Waals surface area contributed by atoms with Gasteiger partial charge in [-0.2, -0.15) is 0 Å². The molecule has 3 nitrogen and oxygen atoms in total. The second-order valence-electron chi connectivity index (χ2n) is 4.90. The van der Waals surface area contributed by atoms with Crippen LogP contribution in [0, 0.1) is 12.7 Å². The topological polar surface area (TPSA) is 41.1 Å². The summed E-state index contributed by atoms with van der Waals surface area (Å²) in [4.78, 5) is 12.1. The number of anilines is 1. The Kier molecular flexibility index (Phi) is 5.06. The third kappa shape index (κ3) is 4.13. The first kappa shape index (κ1) is 15.2. The maximum Gasteiger partial charge on any atom is 0.255 e. The van der Waals surface area contributed by atoms with Gasteiger partial charge >= 0.3 is 0 Å². The minimum Gasteiger partial charge on any atom is -0.322 e. The van der Waals surface area contributed by atoms with E-state index < -0.39 is 0 Å². The molecule has 0 aliphatic rings.